The van der Waals surface area contributed by atoms with Gasteiger partial charge in [0.1, 0.15) is 6.67 Å². The zero-order chi connectivity index (χ0) is 4.83. The molecule has 37 valence electrons. The second kappa shape index (κ2) is 4.89. The first kappa shape index (κ1) is 5.89. The highest BCUT2D eigenvalue weighted by Crippen LogP contribution is 1.76. The van der Waals surface area contributed by atoms with E-state index < -0.39 is 6.67 Å². The molecule has 0 bridgehead atoms. The van der Waals surface area contributed by atoms with Crippen LogP contribution in [0.25, 0.3) is 0 Å². The summed E-state index contributed by atoms with van der Waals surface area (Å²) in [6.45, 7) is 2.98. The lowest BCUT2D eigenvalue weighted by Crippen LogP contribution is -1.88. The number of ether oxygens (including phenoxy) is 1. The number of rotatable bonds is 3. The molecule has 0 saturated carbocycles. The van der Waals surface area contributed by atoms with E-state index in [1.165, 1.54) is 6.61 Å². The van der Waals surface area contributed by atoms with Gasteiger partial charge in [-0.15, -0.1) is 0 Å². The summed E-state index contributed by atoms with van der Waals surface area (Å²) in [5.41, 5.74) is 0. The predicted octanol–water partition coefficient (Wildman–Crippen LogP) is 1.15. The van der Waals surface area contributed by atoms with E-state index in [1.54, 1.807) is 6.92 Å². The molecule has 0 fully saturated rings. The molecule has 0 rings (SSSR count). The summed E-state index contributed by atoms with van der Waals surface area (Å²) in [5.74, 6) is 0. The Morgan fingerprint density at radius 1 is 1.83 bits per heavy atom. The van der Waals surface area contributed by atoms with E-state index in [2.05, 4.69) is 4.74 Å². The van der Waals surface area contributed by atoms with E-state index in [-0.39, 0.29) is 6.61 Å². The van der Waals surface area contributed by atoms with Gasteiger partial charge in [-0.2, -0.15) is 0 Å². The van der Waals surface area contributed by atoms with Crippen LogP contribution in [0, 0.1) is 6.61 Å². The third-order valence-corrected chi connectivity index (χ3v) is 0.362. The fourth-order valence-electron chi connectivity index (χ4n) is 0.162. The minimum Gasteiger partial charge on any atom is -0.373 e. The van der Waals surface area contributed by atoms with Crippen LogP contribution in [-0.4, -0.2) is 13.3 Å². The maximum absolute atomic E-state index is 11.0. The summed E-state index contributed by atoms with van der Waals surface area (Å²) >= 11 is 0. The van der Waals surface area contributed by atoms with Gasteiger partial charge < -0.3 is 4.74 Å². The lowest BCUT2D eigenvalue weighted by Gasteiger charge is -1.88. The number of alkyl halides is 1. The monoisotopic (exact) mass is 91.1 g/mol. The Bertz CT molecular complexity index is 19.5. The second-order valence-corrected chi connectivity index (χ2v) is 0.795. The summed E-state index contributed by atoms with van der Waals surface area (Å²) in [7, 11) is 0. The van der Waals surface area contributed by atoms with Crippen molar-refractivity contribution in [1.29, 1.82) is 0 Å². The van der Waals surface area contributed by atoms with Gasteiger partial charge in [0.2, 0.25) is 0 Å². The van der Waals surface area contributed by atoms with Crippen molar-refractivity contribution in [3.05, 3.63) is 6.61 Å². The van der Waals surface area contributed by atoms with Crippen molar-refractivity contribution in [3.63, 3.8) is 0 Å². The van der Waals surface area contributed by atoms with Crippen LogP contribution in [0.2, 0.25) is 0 Å². The predicted molar refractivity (Wildman–Crippen MR) is 21.9 cm³/mol. The highest BCUT2D eigenvalue weighted by atomic mass is 19.1. The quantitative estimate of drug-likeness (QED) is 0.473. The summed E-state index contributed by atoms with van der Waals surface area (Å²) in [5, 5.41) is 0. The Morgan fingerprint density at radius 2 is 2.50 bits per heavy atom. The minimum atomic E-state index is -0.398. The van der Waals surface area contributed by atoms with E-state index >= 15 is 0 Å². The molecule has 0 aliphatic carbocycles. The van der Waals surface area contributed by atoms with Crippen LogP contribution in [0.3, 0.4) is 0 Å². The van der Waals surface area contributed by atoms with Crippen LogP contribution in [-0.2, 0) is 4.74 Å². The maximum Gasteiger partial charge on any atom is 0.113 e. The van der Waals surface area contributed by atoms with E-state index in [0.717, 1.165) is 0 Å². The van der Waals surface area contributed by atoms with Gasteiger partial charge in [-0.3, -0.25) is 0 Å². The van der Waals surface area contributed by atoms with Crippen molar-refractivity contribution in [1.82, 2.24) is 0 Å². The first-order valence-corrected chi connectivity index (χ1v) is 1.87. The van der Waals surface area contributed by atoms with Crippen molar-refractivity contribution in [3.8, 4) is 0 Å². The minimum absolute atomic E-state index is 0.191. The maximum atomic E-state index is 11.0. The second-order valence-electron chi connectivity index (χ2n) is 0.795. The Balaban J connectivity index is 2.34. The molecule has 0 aliphatic rings. The van der Waals surface area contributed by atoms with Gasteiger partial charge in [-0.1, -0.05) is 0 Å². The molecule has 2 heteroatoms. The highest BCUT2D eigenvalue weighted by molar-refractivity contribution is 4.32. The first-order chi connectivity index (χ1) is 2.91. The van der Waals surface area contributed by atoms with E-state index in [0.29, 0.717) is 0 Å². The first-order valence-electron chi connectivity index (χ1n) is 1.87. The Morgan fingerprint density at radius 3 is 2.67 bits per heavy atom. The highest BCUT2D eigenvalue weighted by Gasteiger charge is 1.76. The Labute approximate surface area is 37.1 Å². The summed E-state index contributed by atoms with van der Waals surface area (Å²) in [6, 6.07) is 0. The van der Waals surface area contributed by atoms with Crippen LogP contribution < -0.4 is 0 Å². The molecule has 0 heterocycles. The number of halogens is 1. The van der Waals surface area contributed by atoms with Gasteiger partial charge in [0.25, 0.3) is 0 Å². The van der Waals surface area contributed by atoms with Crippen molar-refractivity contribution in [2.75, 3.05) is 13.3 Å². The van der Waals surface area contributed by atoms with Crippen molar-refractivity contribution in [2.45, 2.75) is 6.92 Å². The SMILES string of the molecule is C[CH]OCCF. The molecule has 0 N–H and O–H groups in total. The lowest BCUT2D eigenvalue weighted by atomic mass is 10.8. The third kappa shape index (κ3) is 3.89. The van der Waals surface area contributed by atoms with Crippen LogP contribution in [0.5, 0.6) is 0 Å². The van der Waals surface area contributed by atoms with Gasteiger partial charge in [0, 0.05) is 0 Å². The molecule has 1 nitrogen and oxygen atoms in total. The average Bonchev–Trinajstić information content (AvgIpc) is 1.61. The van der Waals surface area contributed by atoms with Crippen molar-refractivity contribution in [2.24, 2.45) is 0 Å². The zero-order valence-corrected chi connectivity index (χ0v) is 3.78. The number of hydrogen-bond donors (Lipinski definition) is 0. The summed E-state index contributed by atoms with van der Waals surface area (Å²) < 4.78 is 15.5. The summed E-state index contributed by atoms with van der Waals surface area (Å²) in [6.07, 6.45) is 0. The largest absolute Gasteiger partial charge is 0.373 e. The molecule has 1 radical (unpaired) electrons. The molecule has 0 amide bonds. The van der Waals surface area contributed by atoms with E-state index in [4.69, 9.17) is 0 Å². The fourth-order valence-corrected chi connectivity index (χ4v) is 0.162. The van der Waals surface area contributed by atoms with Crippen LogP contribution in [0.15, 0.2) is 0 Å². The number of hydrogen-bond acceptors (Lipinski definition) is 1. The average molecular weight is 91.1 g/mol. The molecule has 0 atom stereocenters. The Hall–Kier alpha value is -0.110. The van der Waals surface area contributed by atoms with Crippen LogP contribution in [0.1, 0.15) is 6.92 Å². The molecule has 6 heavy (non-hydrogen) atoms. The normalized spacial score (nSPS) is 9.00. The van der Waals surface area contributed by atoms with Gasteiger partial charge in [-0.25, -0.2) is 4.39 Å². The van der Waals surface area contributed by atoms with Crippen LogP contribution >= 0.6 is 0 Å². The van der Waals surface area contributed by atoms with Gasteiger partial charge >= 0.3 is 0 Å². The smallest absolute Gasteiger partial charge is 0.113 e. The van der Waals surface area contributed by atoms with Crippen molar-refractivity contribution >= 4 is 0 Å². The molecular formula is C4H8FO. The van der Waals surface area contributed by atoms with E-state index in [9.17, 15) is 4.39 Å². The lowest BCUT2D eigenvalue weighted by molar-refractivity contribution is 0.181. The van der Waals surface area contributed by atoms with Gasteiger partial charge in [-0.05, 0) is 6.92 Å². The topological polar surface area (TPSA) is 9.23 Å². The standard InChI is InChI=1S/C4H8FO/c1-2-6-4-3-5/h2H,3-4H2,1H3. The fraction of sp³-hybridized carbons (Fsp3) is 0.750. The van der Waals surface area contributed by atoms with Crippen molar-refractivity contribution < 1.29 is 9.13 Å². The molecule has 0 unspecified atom stereocenters. The van der Waals surface area contributed by atoms with Crippen LogP contribution in [0.4, 0.5) is 4.39 Å². The summed E-state index contributed by atoms with van der Waals surface area (Å²) in [4.78, 5) is 0. The van der Waals surface area contributed by atoms with Gasteiger partial charge in [0.05, 0.1) is 13.2 Å². The molecule has 0 aromatic rings. The zero-order valence-electron chi connectivity index (χ0n) is 3.78. The molecule has 0 aromatic carbocycles. The molecule has 0 aliphatic heterocycles. The third-order valence-electron chi connectivity index (χ3n) is 0.362. The molecule has 0 aromatic heterocycles. The molecule has 0 spiro atoms. The molecular weight excluding hydrogens is 83.0 g/mol. The molecule has 0 saturated heterocycles. The van der Waals surface area contributed by atoms with E-state index in [1.807, 2.05) is 0 Å². The Kier molecular flexibility index (Phi) is 4.80. The van der Waals surface area contributed by atoms with Gasteiger partial charge in [0.15, 0.2) is 0 Å².